The van der Waals surface area contributed by atoms with Gasteiger partial charge in [-0.05, 0) is 6.92 Å². The van der Waals surface area contributed by atoms with Crippen LogP contribution >= 0.6 is 0 Å². The van der Waals surface area contributed by atoms with Crippen molar-refractivity contribution < 1.29 is 24.5 Å². The first-order valence-corrected chi connectivity index (χ1v) is 5.16. The van der Waals surface area contributed by atoms with E-state index < -0.39 is 5.97 Å². The van der Waals surface area contributed by atoms with Crippen molar-refractivity contribution in [1.29, 1.82) is 0 Å². The van der Waals surface area contributed by atoms with Crippen molar-refractivity contribution in [2.24, 2.45) is 0 Å². The number of carbonyl (C=O) groups excluding carboxylic acids is 1. The number of aryl methyl sites for hydroxylation is 1. The van der Waals surface area contributed by atoms with Gasteiger partial charge in [-0.3, -0.25) is 0 Å². The van der Waals surface area contributed by atoms with Gasteiger partial charge in [-0.15, -0.1) is 0 Å². The quantitative estimate of drug-likeness (QED) is 0.734. The molecule has 0 atom stereocenters. The second-order valence-corrected chi connectivity index (χ2v) is 3.59. The minimum atomic E-state index is -0.515. The van der Waals surface area contributed by atoms with Gasteiger partial charge in [-0.1, -0.05) is 17.7 Å². The van der Waals surface area contributed by atoms with Crippen molar-refractivity contribution in [2.75, 3.05) is 13.7 Å². The van der Waals surface area contributed by atoms with Crippen molar-refractivity contribution >= 4 is 5.97 Å². The third-order valence-electron chi connectivity index (χ3n) is 2.29. The summed E-state index contributed by atoms with van der Waals surface area (Å²) in [5.74, 6) is -0.177. The van der Waals surface area contributed by atoms with Gasteiger partial charge in [0.15, 0.2) is 6.61 Å². The van der Waals surface area contributed by atoms with Gasteiger partial charge in [0, 0.05) is 11.1 Å². The molecule has 5 heteroatoms. The van der Waals surface area contributed by atoms with Gasteiger partial charge >= 0.3 is 5.97 Å². The molecule has 0 saturated heterocycles. The fourth-order valence-electron chi connectivity index (χ4n) is 1.54. The Balaban J connectivity index is 2.98. The molecule has 1 rings (SSSR count). The summed E-state index contributed by atoms with van der Waals surface area (Å²) in [5.41, 5.74) is 1.99. The number of ether oxygens (including phenoxy) is 2. The highest BCUT2D eigenvalue weighted by molar-refractivity contribution is 5.71. The lowest BCUT2D eigenvalue weighted by molar-refractivity contribution is -0.142. The van der Waals surface area contributed by atoms with Crippen molar-refractivity contribution in [3.05, 3.63) is 28.8 Å². The van der Waals surface area contributed by atoms with E-state index in [4.69, 9.17) is 4.74 Å². The summed E-state index contributed by atoms with van der Waals surface area (Å²) in [4.78, 5) is 11.0. The first-order chi connectivity index (χ1) is 8.12. The van der Waals surface area contributed by atoms with Crippen LogP contribution < -0.4 is 4.74 Å². The Kier molecular flexibility index (Phi) is 4.93. The van der Waals surface area contributed by atoms with Crippen LogP contribution in [0.25, 0.3) is 0 Å². The molecule has 17 heavy (non-hydrogen) atoms. The van der Waals surface area contributed by atoms with Crippen LogP contribution in [-0.2, 0) is 22.7 Å². The first kappa shape index (κ1) is 13.5. The third-order valence-corrected chi connectivity index (χ3v) is 2.29. The Morgan fingerprint density at radius 2 is 1.76 bits per heavy atom. The lowest BCUT2D eigenvalue weighted by atomic mass is 10.1. The number of rotatable bonds is 5. The summed E-state index contributed by atoms with van der Waals surface area (Å²) in [6.07, 6.45) is 0. The van der Waals surface area contributed by atoms with Gasteiger partial charge in [0.1, 0.15) is 5.75 Å². The maximum absolute atomic E-state index is 11.0. The summed E-state index contributed by atoms with van der Waals surface area (Å²) in [5, 5.41) is 18.4. The zero-order valence-corrected chi connectivity index (χ0v) is 9.90. The van der Waals surface area contributed by atoms with E-state index in [1.165, 1.54) is 7.11 Å². The molecular weight excluding hydrogens is 224 g/mol. The second-order valence-electron chi connectivity index (χ2n) is 3.59. The summed E-state index contributed by atoms with van der Waals surface area (Å²) in [6, 6.07) is 3.48. The average molecular weight is 240 g/mol. The molecule has 0 aromatic heterocycles. The maximum Gasteiger partial charge on any atom is 0.343 e. The van der Waals surface area contributed by atoms with Crippen LogP contribution in [0, 0.1) is 6.92 Å². The predicted molar refractivity (Wildman–Crippen MR) is 60.5 cm³/mol. The van der Waals surface area contributed by atoms with Crippen molar-refractivity contribution in [1.82, 2.24) is 0 Å². The molecule has 0 bridgehead atoms. The molecule has 0 radical (unpaired) electrons. The van der Waals surface area contributed by atoms with Crippen LogP contribution in [-0.4, -0.2) is 29.9 Å². The fourth-order valence-corrected chi connectivity index (χ4v) is 1.54. The number of aliphatic hydroxyl groups is 2. The van der Waals surface area contributed by atoms with E-state index in [1.54, 1.807) is 12.1 Å². The normalized spacial score (nSPS) is 10.1. The number of hydrogen-bond acceptors (Lipinski definition) is 5. The van der Waals surface area contributed by atoms with E-state index in [0.717, 1.165) is 5.56 Å². The molecule has 0 saturated carbocycles. The highest BCUT2D eigenvalue weighted by Crippen LogP contribution is 2.26. The van der Waals surface area contributed by atoms with Crippen molar-refractivity contribution in [3.63, 3.8) is 0 Å². The standard InChI is InChI=1S/C12H16O5/c1-8-3-9(5-13)12(10(4-8)6-14)17-7-11(15)16-2/h3-4,13-14H,5-7H2,1-2H3. The Morgan fingerprint density at radius 1 is 1.24 bits per heavy atom. The number of hydrogen-bond donors (Lipinski definition) is 2. The van der Waals surface area contributed by atoms with E-state index in [-0.39, 0.29) is 19.8 Å². The van der Waals surface area contributed by atoms with Gasteiger partial charge in [0.25, 0.3) is 0 Å². The fraction of sp³-hybridized carbons (Fsp3) is 0.417. The molecule has 0 spiro atoms. The molecule has 5 nitrogen and oxygen atoms in total. The first-order valence-electron chi connectivity index (χ1n) is 5.16. The Morgan fingerprint density at radius 3 is 2.18 bits per heavy atom. The van der Waals surface area contributed by atoms with Gasteiger partial charge in [0.05, 0.1) is 20.3 Å². The number of benzene rings is 1. The van der Waals surface area contributed by atoms with Crippen molar-refractivity contribution in [3.8, 4) is 5.75 Å². The zero-order valence-electron chi connectivity index (χ0n) is 9.90. The van der Waals surface area contributed by atoms with Crippen LogP contribution in [0.1, 0.15) is 16.7 Å². The molecule has 0 aliphatic heterocycles. The van der Waals surface area contributed by atoms with E-state index in [0.29, 0.717) is 16.9 Å². The summed E-state index contributed by atoms with van der Waals surface area (Å²) in [7, 11) is 1.26. The zero-order chi connectivity index (χ0) is 12.8. The molecule has 0 aliphatic carbocycles. The lowest BCUT2D eigenvalue weighted by Crippen LogP contribution is -2.14. The maximum atomic E-state index is 11.0. The SMILES string of the molecule is COC(=O)COc1c(CO)cc(C)cc1CO. The molecule has 0 aliphatic rings. The Labute approximate surface area is 99.6 Å². The lowest BCUT2D eigenvalue weighted by Gasteiger charge is -2.14. The number of carbonyl (C=O) groups is 1. The summed E-state index contributed by atoms with van der Waals surface area (Å²) in [6.45, 7) is 1.17. The molecular formula is C12H16O5. The van der Waals surface area contributed by atoms with E-state index in [1.807, 2.05) is 6.92 Å². The molecule has 94 valence electrons. The minimum Gasteiger partial charge on any atom is -0.481 e. The highest BCUT2D eigenvalue weighted by Gasteiger charge is 2.12. The average Bonchev–Trinajstić information content (AvgIpc) is 2.35. The predicted octanol–water partition coefficient (Wildman–Crippen LogP) is 0.531. The molecule has 2 N–H and O–H groups in total. The number of esters is 1. The topological polar surface area (TPSA) is 76.0 Å². The van der Waals surface area contributed by atoms with Gasteiger partial charge < -0.3 is 19.7 Å². The molecule has 1 aromatic rings. The molecule has 0 unspecified atom stereocenters. The Hall–Kier alpha value is -1.59. The van der Waals surface area contributed by atoms with Crippen LogP contribution in [0.4, 0.5) is 0 Å². The molecule has 1 aromatic carbocycles. The van der Waals surface area contributed by atoms with Crippen molar-refractivity contribution in [2.45, 2.75) is 20.1 Å². The second kappa shape index (κ2) is 6.22. The molecule has 0 heterocycles. The molecule has 0 fully saturated rings. The summed E-state index contributed by atoms with van der Waals surface area (Å²) >= 11 is 0. The van der Waals surface area contributed by atoms with Gasteiger partial charge in [0.2, 0.25) is 0 Å². The van der Waals surface area contributed by atoms with E-state index >= 15 is 0 Å². The largest absolute Gasteiger partial charge is 0.481 e. The summed E-state index contributed by atoms with van der Waals surface area (Å²) < 4.78 is 9.72. The van der Waals surface area contributed by atoms with Gasteiger partial charge in [-0.2, -0.15) is 0 Å². The van der Waals surface area contributed by atoms with Crippen LogP contribution in [0.15, 0.2) is 12.1 Å². The van der Waals surface area contributed by atoms with E-state index in [9.17, 15) is 15.0 Å². The minimum absolute atomic E-state index is 0.217. The number of aliphatic hydroxyl groups excluding tert-OH is 2. The van der Waals surface area contributed by atoms with E-state index in [2.05, 4.69) is 4.74 Å². The monoisotopic (exact) mass is 240 g/mol. The van der Waals surface area contributed by atoms with Crippen LogP contribution in [0.5, 0.6) is 5.75 Å². The van der Waals surface area contributed by atoms with Gasteiger partial charge in [-0.25, -0.2) is 4.79 Å². The number of methoxy groups -OCH3 is 1. The highest BCUT2D eigenvalue weighted by atomic mass is 16.6. The van der Waals surface area contributed by atoms with Crippen LogP contribution in [0.3, 0.4) is 0 Å². The van der Waals surface area contributed by atoms with Crippen LogP contribution in [0.2, 0.25) is 0 Å². The Bertz CT molecular complexity index is 375. The molecule has 0 amide bonds. The smallest absolute Gasteiger partial charge is 0.343 e. The third kappa shape index (κ3) is 3.44.